The minimum Gasteiger partial charge on any atom is -0.379 e. The summed E-state index contributed by atoms with van der Waals surface area (Å²) < 4.78 is 32.4. The molecule has 0 spiro atoms. The number of hydrogen-bond acceptors (Lipinski definition) is 7. The standard InChI is InChI=1S/C16H20ClN5O3S/c17-13-3-1-2-4-14(13)26(23,24)21-16-6-5-15(19-20-16)18-7-8-22-9-11-25-12-10-22/h1-6H,7-12H2,(H,18,19)(H,20,21). The van der Waals surface area contributed by atoms with Crippen LogP contribution < -0.4 is 10.0 Å². The summed E-state index contributed by atoms with van der Waals surface area (Å²) in [5.41, 5.74) is 0. The van der Waals surface area contributed by atoms with Gasteiger partial charge in [0.05, 0.1) is 18.2 Å². The number of nitrogens with zero attached hydrogens (tertiary/aromatic N) is 3. The van der Waals surface area contributed by atoms with Crippen molar-refractivity contribution in [1.82, 2.24) is 15.1 Å². The molecule has 2 aromatic rings. The molecule has 3 rings (SSSR count). The number of aromatic nitrogens is 2. The highest BCUT2D eigenvalue weighted by Gasteiger charge is 2.18. The number of morpholine rings is 1. The third-order valence-corrected chi connectivity index (χ3v) is 5.72. The van der Waals surface area contributed by atoms with Crippen molar-refractivity contribution >= 4 is 33.3 Å². The van der Waals surface area contributed by atoms with E-state index in [4.69, 9.17) is 16.3 Å². The molecule has 0 radical (unpaired) electrons. The van der Waals surface area contributed by atoms with Crippen LogP contribution in [0.3, 0.4) is 0 Å². The van der Waals surface area contributed by atoms with Gasteiger partial charge in [0.25, 0.3) is 10.0 Å². The molecule has 2 heterocycles. The first-order valence-electron chi connectivity index (χ1n) is 8.20. The molecule has 140 valence electrons. The van der Waals surface area contributed by atoms with Crippen LogP contribution in [-0.4, -0.2) is 62.9 Å². The van der Waals surface area contributed by atoms with Crippen molar-refractivity contribution < 1.29 is 13.2 Å². The van der Waals surface area contributed by atoms with E-state index < -0.39 is 10.0 Å². The molecule has 0 saturated carbocycles. The summed E-state index contributed by atoms with van der Waals surface area (Å²) in [6.45, 7) is 4.98. The Labute approximate surface area is 157 Å². The van der Waals surface area contributed by atoms with Crippen LogP contribution in [0.1, 0.15) is 0 Å². The SMILES string of the molecule is O=S(=O)(Nc1ccc(NCCN2CCOCC2)nn1)c1ccccc1Cl. The molecular weight excluding hydrogens is 378 g/mol. The molecule has 1 saturated heterocycles. The van der Waals surface area contributed by atoms with Gasteiger partial charge in [-0.3, -0.25) is 9.62 Å². The summed E-state index contributed by atoms with van der Waals surface area (Å²) in [4.78, 5) is 2.30. The lowest BCUT2D eigenvalue weighted by Gasteiger charge is -2.26. The Morgan fingerprint density at radius 3 is 2.46 bits per heavy atom. The van der Waals surface area contributed by atoms with Gasteiger partial charge >= 0.3 is 0 Å². The lowest BCUT2D eigenvalue weighted by Crippen LogP contribution is -2.39. The van der Waals surface area contributed by atoms with E-state index in [1.807, 2.05) is 0 Å². The number of halogens is 1. The summed E-state index contributed by atoms with van der Waals surface area (Å²) in [7, 11) is -3.81. The van der Waals surface area contributed by atoms with E-state index in [9.17, 15) is 8.42 Å². The number of rotatable bonds is 7. The van der Waals surface area contributed by atoms with Crippen molar-refractivity contribution in [2.45, 2.75) is 4.90 Å². The Hall–Kier alpha value is -1.94. The van der Waals surface area contributed by atoms with Gasteiger partial charge in [-0.2, -0.15) is 0 Å². The minimum atomic E-state index is -3.81. The van der Waals surface area contributed by atoms with Gasteiger partial charge in [0, 0.05) is 26.2 Å². The van der Waals surface area contributed by atoms with Gasteiger partial charge in [-0.25, -0.2) is 8.42 Å². The fourth-order valence-electron chi connectivity index (χ4n) is 2.50. The first-order chi connectivity index (χ1) is 12.5. The van der Waals surface area contributed by atoms with E-state index in [1.54, 1.807) is 24.3 Å². The molecular formula is C16H20ClN5O3S. The molecule has 2 N–H and O–H groups in total. The average Bonchev–Trinajstić information content (AvgIpc) is 2.64. The molecule has 0 atom stereocenters. The quantitative estimate of drug-likeness (QED) is 0.733. The topological polar surface area (TPSA) is 96.5 Å². The minimum absolute atomic E-state index is 0.00354. The predicted molar refractivity (Wildman–Crippen MR) is 100 cm³/mol. The van der Waals surface area contributed by atoms with Gasteiger partial charge in [0.15, 0.2) is 5.82 Å². The van der Waals surface area contributed by atoms with E-state index in [0.29, 0.717) is 5.82 Å². The summed E-state index contributed by atoms with van der Waals surface area (Å²) in [6, 6.07) is 9.45. The molecule has 0 unspecified atom stereocenters. The number of anilines is 2. The summed E-state index contributed by atoms with van der Waals surface area (Å²) in [5.74, 6) is 0.711. The summed E-state index contributed by atoms with van der Waals surface area (Å²) in [6.07, 6.45) is 0. The van der Waals surface area contributed by atoms with E-state index >= 15 is 0 Å². The number of ether oxygens (including phenoxy) is 1. The zero-order valence-corrected chi connectivity index (χ0v) is 15.6. The highest BCUT2D eigenvalue weighted by Crippen LogP contribution is 2.22. The van der Waals surface area contributed by atoms with Crippen molar-refractivity contribution in [3.8, 4) is 0 Å². The first kappa shape index (κ1) is 18.8. The van der Waals surface area contributed by atoms with E-state index in [2.05, 4.69) is 25.1 Å². The summed E-state index contributed by atoms with van der Waals surface area (Å²) in [5, 5.41) is 11.2. The second-order valence-electron chi connectivity index (χ2n) is 5.72. The zero-order valence-electron chi connectivity index (χ0n) is 14.1. The third-order valence-electron chi connectivity index (χ3n) is 3.87. The van der Waals surface area contributed by atoms with E-state index in [0.717, 1.165) is 39.4 Å². The lowest BCUT2D eigenvalue weighted by atomic mass is 10.4. The first-order valence-corrected chi connectivity index (χ1v) is 10.1. The second-order valence-corrected chi connectivity index (χ2v) is 7.78. The average molecular weight is 398 g/mol. The van der Waals surface area contributed by atoms with Crippen LogP contribution in [0.5, 0.6) is 0 Å². The lowest BCUT2D eigenvalue weighted by molar-refractivity contribution is 0.0398. The number of nitrogens with one attached hydrogen (secondary N) is 2. The van der Waals surface area contributed by atoms with Crippen LogP contribution >= 0.6 is 11.6 Å². The number of benzene rings is 1. The Morgan fingerprint density at radius 2 is 1.77 bits per heavy atom. The van der Waals surface area contributed by atoms with Crippen LogP contribution in [0, 0.1) is 0 Å². The maximum atomic E-state index is 12.4. The molecule has 26 heavy (non-hydrogen) atoms. The molecule has 1 aromatic heterocycles. The zero-order chi connectivity index (χ0) is 18.4. The van der Waals surface area contributed by atoms with Gasteiger partial charge in [0.1, 0.15) is 10.7 Å². The molecule has 1 aliphatic rings. The monoisotopic (exact) mass is 397 g/mol. The number of hydrogen-bond donors (Lipinski definition) is 2. The van der Waals surface area contributed by atoms with E-state index in [1.165, 1.54) is 12.1 Å². The molecule has 1 fully saturated rings. The molecule has 0 amide bonds. The molecule has 1 aliphatic heterocycles. The highest BCUT2D eigenvalue weighted by atomic mass is 35.5. The van der Waals surface area contributed by atoms with Gasteiger partial charge < -0.3 is 10.1 Å². The Kier molecular flexibility index (Phi) is 6.25. The fraction of sp³-hybridized carbons (Fsp3) is 0.375. The van der Waals surface area contributed by atoms with Crippen LogP contribution in [0.25, 0.3) is 0 Å². The van der Waals surface area contributed by atoms with Crippen LogP contribution in [-0.2, 0) is 14.8 Å². The fourth-order valence-corrected chi connectivity index (χ4v) is 4.02. The Bertz CT molecular complexity index is 826. The van der Waals surface area contributed by atoms with Crippen molar-refractivity contribution in [2.75, 3.05) is 49.4 Å². The maximum absolute atomic E-state index is 12.4. The smallest absolute Gasteiger partial charge is 0.264 e. The van der Waals surface area contributed by atoms with Gasteiger partial charge in [0.2, 0.25) is 0 Å². The normalized spacial score (nSPS) is 15.6. The van der Waals surface area contributed by atoms with Crippen molar-refractivity contribution in [1.29, 1.82) is 0 Å². The molecule has 8 nitrogen and oxygen atoms in total. The van der Waals surface area contributed by atoms with Crippen LogP contribution in [0.15, 0.2) is 41.3 Å². The van der Waals surface area contributed by atoms with Crippen LogP contribution in [0.4, 0.5) is 11.6 Å². The van der Waals surface area contributed by atoms with Gasteiger partial charge in [-0.05, 0) is 24.3 Å². The maximum Gasteiger partial charge on any atom is 0.264 e. The van der Waals surface area contributed by atoms with Crippen molar-refractivity contribution in [2.24, 2.45) is 0 Å². The molecule has 0 aliphatic carbocycles. The molecule has 0 bridgehead atoms. The number of sulfonamides is 1. The predicted octanol–water partition coefficient (Wildman–Crippen LogP) is 1.67. The van der Waals surface area contributed by atoms with Crippen molar-refractivity contribution in [3.05, 3.63) is 41.4 Å². The largest absolute Gasteiger partial charge is 0.379 e. The van der Waals surface area contributed by atoms with Gasteiger partial charge in [-0.1, -0.05) is 23.7 Å². The highest BCUT2D eigenvalue weighted by molar-refractivity contribution is 7.92. The Morgan fingerprint density at radius 1 is 1.08 bits per heavy atom. The van der Waals surface area contributed by atoms with Crippen LogP contribution in [0.2, 0.25) is 5.02 Å². The molecule has 1 aromatic carbocycles. The van der Waals surface area contributed by atoms with Gasteiger partial charge in [-0.15, -0.1) is 10.2 Å². The summed E-state index contributed by atoms with van der Waals surface area (Å²) >= 11 is 5.94. The molecule has 10 heteroatoms. The Balaban J connectivity index is 1.55. The third kappa shape index (κ3) is 5.04. The second kappa shape index (κ2) is 8.63. The van der Waals surface area contributed by atoms with Crippen molar-refractivity contribution in [3.63, 3.8) is 0 Å². The van der Waals surface area contributed by atoms with E-state index in [-0.39, 0.29) is 15.7 Å².